The van der Waals surface area contributed by atoms with Gasteiger partial charge >= 0.3 is 0 Å². The molecule has 0 spiro atoms. The van der Waals surface area contributed by atoms with E-state index in [1.807, 2.05) is 31.2 Å². The lowest BCUT2D eigenvalue weighted by Crippen LogP contribution is -2.33. The van der Waals surface area contributed by atoms with Gasteiger partial charge in [-0.2, -0.15) is 0 Å². The Morgan fingerprint density at radius 2 is 1.82 bits per heavy atom. The third-order valence-corrected chi connectivity index (χ3v) is 4.53. The lowest BCUT2D eigenvalue weighted by atomic mass is 10.1. The SMILES string of the molecule is CC(C)S(=O)(=O)NC[C@H]([14CH3])c1ccc(N)cc1. The lowest BCUT2D eigenvalue weighted by molar-refractivity contribution is 0.566. The molecular weight excluding hydrogens is 238 g/mol. The van der Waals surface area contributed by atoms with Gasteiger partial charge in [-0.05, 0) is 37.5 Å². The molecule has 0 saturated carbocycles. The summed E-state index contributed by atoms with van der Waals surface area (Å²) in [5.74, 6) is 0.129. The van der Waals surface area contributed by atoms with E-state index in [9.17, 15) is 8.42 Å². The average molecular weight is 258 g/mol. The van der Waals surface area contributed by atoms with Gasteiger partial charge in [0.2, 0.25) is 10.0 Å². The summed E-state index contributed by atoms with van der Waals surface area (Å²) in [6.07, 6.45) is 0. The number of anilines is 1. The Bertz CT molecular complexity index is 452. The third-order valence-electron chi connectivity index (χ3n) is 2.72. The molecule has 0 fully saturated rings. The number of benzene rings is 1. The van der Waals surface area contributed by atoms with Crippen LogP contribution in [0, 0.1) is 0 Å². The molecule has 17 heavy (non-hydrogen) atoms. The van der Waals surface area contributed by atoms with Gasteiger partial charge in [-0.1, -0.05) is 19.1 Å². The molecule has 1 rings (SSSR count). The molecule has 0 bridgehead atoms. The summed E-state index contributed by atoms with van der Waals surface area (Å²) in [5, 5.41) is -0.402. The molecule has 1 aromatic carbocycles. The third kappa shape index (κ3) is 4.02. The van der Waals surface area contributed by atoms with E-state index in [-0.39, 0.29) is 5.92 Å². The first kappa shape index (κ1) is 14.0. The maximum Gasteiger partial charge on any atom is 0.213 e. The van der Waals surface area contributed by atoms with Crippen molar-refractivity contribution in [1.29, 1.82) is 0 Å². The highest BCUT2D eigenvalue weighted by Crippen LogP contribution is 2.16. The lowest BCUT2D eigenvalue weighted by Gasteiger charge is -2.15. The van der Waals surface area contributed by atoms with Crippen molar-refractivity contribution in [3.63, 3.8) is 0 Å². The molecule has 1 atom stereocenters. The van der Waals surface area contributed by atoms with Crippen LogP contribution in [0.2, 0.25) is 0 Å². The molecule has 0 amide bonds. The monoisotopic (exact) mass is 258 g/mol. The molecule has 0 aromatic heterocycles. The fraction of sp³-hybridized carbons (Fsp3) is 0.500. The van der Waals surface area contributed by atoms with Gasteiger partial charge in [0.1, 0.15) is 0 Å². The van der Waals surface area contributed by atoms with Crippen LogP contribution < -0.4 is 10.5 Å². The van der Waals surface area contributed by atoms with Crippen molar-refractivity contribution in [2.75, 3.05) is 12.3 Å². The van der Waals surface area contributed by atoms with Gasteiger partial charge in [-0.15, -0.1) is 0 Å². The zero-order chi connectivity index (χ0) is 13.1. The number of nitrogen functional groups attached to an aromatic ring is 1. The summed E-state index contributed by atoms with van der Waals surface area (Å²) < 4.78 is 25.8. The molecule has 0 aliphatic carbocycles. The molecular formula is C12H20N2O2S. The summed E-state index contributed by atoms with van der Waals surface area (Å²) in [6, 6.07) is 7.49. The molecule has 0 heterocycles. The largest absolute Gasteiger partial charge is 0.399 e. The molecule has 0 saturated heterocycles. The summed E-state index contributed by atoms with van der Waals surface area (Å²) in [5.41, 5.74) is 7.38. The number of rotatable bonds is 5. The van der Waals surface area contributed by atoms with Crippen LogP contribution in [0.25, 0.3) is 0 Å². The molecule has 96 valence electrons. The highest BCUT2D eigenvalue weighted by molar-refractivity contribution is 7.90. The zero-order valence-electron chi connectivity index (χ0n) is 10.5. The molecule has 4 nitrogen and oxygen atoms in total. The number of nitrogens with two attached hydrogens (primary N) is 1. The van der Waals surface area contributed by atoms with E-state index in [0.29, 0.717) is 12.2 Å². The van der Waals surface area contributed by atoms with Crippen molar-refractivity contribution in [3.8, 4) is 0 Å². The molecule has 3 N–H and O–H groups in total. The van der Waals surface area contributed by atoms with Gasteiger partial charge in [0.05, 0.1) is 5.25 Å². The minimum absolute atomic E-state index is 0.129. The minimum Gasteiger partial charge on any atom is -0.399 e. The Morgan fingerprint density at radius 3 is 2.29 bits per heavy atom. The number of hydrogen-bond acceptors (Lipinski definition) is 3. The standard InChI is InChI=1S/C12H20N2O2S/c1-9(2)17(15,16)14-8-10(3)11-4-6-12(13)7-5-11/h4-7,9-10,14H,8,13H2,1-3H3/t10-/m0/s1/i3+2. The summed E-state index contributed by atoms with van der Waals surface area (Å²) in [4.78, 5) is 0. The van der Waals surface area contributed by atoms with Crippen molar-refractivity contribution >= 4 is 15.7 Å². The first-order valence-electron chi connectivity index (χ1n) is 5.67. The van der Waals surface area contributed by atoms with E-state index in [1.54, 1.807) is 13.8 Å². The summed E-state index contributed by atoms with van der Waals surface area (Å²) in [7, 11) is -3.18. The van der Waals surface area contributed by atoms with Crippen molar-refractivity contribution in [3.05, 3.63) is 29.8 Å². The Hall–Kier alpha value is -1.07. The van der Waals surface area contributed by atoms with Crippen molar-refractivity contribution in [2.24, 2.45) is 0 Å². The molecule has 5 heteroatoms. The van der Waals surface area contributed by atoms with Crippen LogP contribution in [0.5, 0.6) is 0 Å². The predicted octanol–water partition coefficient (Wildman–Crippen LogP) is 1.70. The Morgan fingerprint density at radius 1 is 1.29 bits per heavy atom. The zero-order valence-corrected chi connectivity index (χ0v) is 11.3. The fourth-order valence-corrected chi connectivity index (χ4v) is 2.17. The van der Waals surface area contributed by atoms with Crippen LogP contribution in [-0.2, 0) is 10.0 Å². The highest BCUT2D eigenvalue weighted by Gasteiger charge is 2.16. The van der Waals surface area contributed by atoms with Crippen molar-refractivity contribution < 1.29 is 8.42 Å². The second kappa shape index (κ2) is 5.51. The normalized spacial score (nSPS) is 13.9. The van der Waals surface area contributed by atoms with E-state index < -0.39 is 15.3 Å². The van der Waals surface area contributed by atoms with E-state index in [0.717, 1.165) is 5.56 Å². The number of sulfonamides is 1. The smallest absolute Gasteiger partial charge is 0.213 e. The van der Waals surface area contributed by atoms with Crippen LogP contribution in [0.4, 0.5) is 5.69 Å². The van der Waals surface area contributed by atoms with Gasteiger partial charge in [-0.25, -0.2) is 13.1 Å². The van der Waals surface area contributed by atoms with Gasteiger partial charge in [0, 0.05) is 12.2 Å². The van der Waals surface area contributed by atoms with Gasteiger partial charge in [0.15, 0.2) is 0 Å². The van der Waals surface area contributed by atoms with Crippen LogP contribution in [0.15, 0.2) is 24.3 Å². The van der Waals surface area contributed by atoms with Gasteiger partial charge in [0.25, 0.3) is 0 Å². The maximum absolute atomic E-state index is 11.6. The Balaban J connectivity index is 2.62. The van der Waals surface area contributed by atoms with E-state index >= 15 is 0 Å². The Kier molecular flexibility index (Phi) is 4.54. The van der Waals surface area contributed by atoms with Crippen LogP contribution in [0.1, 0.15) is 32.3 Å². The number of hydrogen-bond donors (Lipinski definition) is 2. The average Bonchev–Trinajstić information content (AvgIpc) is 2.27. The second-order valence-electron chi connectivity index (χ2n) is 4.51. The minimum atomic E-state index is -3.18. The molecule has 0 aliphatic heterocycles. The van der Waals surface area contributed by atoms with Gasteiger partial charge in [-0.3, -0.25) is 0 Å². The summed E-state index contributed by atoms with van der Waals surface area (Å²) >= 11 is 0. The van der Waals surface area contributed by atoms with Crippen LogP contribution in [0.3, 0.4) is 0 Å². The topological polar surface area (TPSA) is 72.2 Å². The van der Waals surface area contributed by atoms with Gasteiger partial charge < -0.3 is 5.73 Å². The first-order chi connectivity index (χ1) is 7.83. The number of nitrogens with one attached hydrogen (secondary N) is 1. The molecule has 0 aliphatic rings. The molecule has 0 radical (unpaired) electrons. The van der Waals surface area contributed by atoms with E-state index in [1.165, 1.54) is 0 Å². The molecule has 1 aromatic rings. The predicted molar refractivity (Wildman–Crippen MR) is 71.3 cm³/mol. The highest BCUT2D eigenvalue weighted by atomic mass is 32.2. The van der Waals surface area contributed by atoms with Crippen LogP contribution in [-0.4, -0.2) is 20.2 Å². The molecule has 0 unspecified atom stereocenters. The van der Waals surface area contributed by atoms with Crippen molar-refractivity contribution in [1.82, 2.24) is 4.72 Å². The second-order valence-corrected chi connectivity index (χ2v) is 6.83. The maximum atomic E-state index is 11.6. The first-order valence-corrected chi connectivity index (χ1v) is 7.21. The van der Waals surface area contributed by atoms with E-state index in [2.05, 4.69) is 4.72 Å². The van der Waals surface area contributed by atoms with Crippen LogP contribution >= 0.6 is 0 Å². The Labute approximate surface area is 103 Å². The van der Waals surface area contributed by atoms with Crippen molar-refractivity contribution in [2.45, 2.75) is 31.9 Å². The quantitative estimate of drug-likeness (QED) is 0.790. The van der Waals surface area contributed by atoms with E-state index in [4.69, 9.17) is 5.73 Å². The summed E-state index contributed by atoms with van der Waals surface area (Å²) in [6.45, 7) is 5.71. The fourth-order valence-electron chi connectivity index (χ4n) is 1.35.